The Morgan fingerprint density at radius 2 is 2.05 bits per heavy atom. The van der Waals surface area contributed by atoms with E-state index in [-0.39, 0.29) is 17.5 Å². The number of methoxy groups -OCH3 is 1. The zero-order chi connectivity index (χ0) is 15.4. The molecule has 2 aromatic rings. The van der Waals surface area contributed by atoms with E-state index in [9.17, 15) is 9.59 Å². The summed E-state index contributed by atoms with van der Waals surface area (Å²) in [5, 5.41) is 9.18. The number of hydrogen-bond donors (Lipinski definition) is 2. The van der Waals surface area contributed by atoms with Gasteiger partial charge in [-0.1, -0.05) is 6.07 Å². The number of carbonyl (C=O) groups excluding carboxylic acids is 2. The van der Waals surface area contributed by atoms with Crippen molar-refractivity contribution in [1.29, 1.82) is 0 Å². The quantitative estimate of drug-likeness (QED) is 0.880. The molecule has 2 amide bonds. The number of aromatic nitrogens is 2. The largest absolute Gasteiger partial charge is 0.497 e. The Hall–Kier alpha value is -2.83. The van der Waals surface area contributed by atoms with E-state index in [4.69, 9.17) is 4.74 Å². The highest BCUT2D eigenvalue weighted by Gasteiger charge is 2.17. The molecular weight excluding hydrogens is 272 g/mol. The number of ether oxygens (including phenoxy) is 1. The van der Waals surface area contributed by atoms with Crippen molar-refractivity contribution < 1.29 is 14.3 Å². The van der Waals surface area contributed by atoms with Crippen LogP contribution < -0.4 is 15.4 Å². The Labute approximate surface area is 121 Å². The lowest BCUT2D eigenvalue weighted by molar-refractivity contribution is 0.0958. The number of rotatable bonds is 4. The monoisotopic (exact) mass is 288 g/mol. The molecule has 7 heteroatoms. The Bertz CT molecular complexity index is 679. The Balaban J connectivity index is 2.25. The average molecular weight is 288 g/mol. The summed E-state index contributed by atoms with van der Waals surface area (Å²) in [6.45, 7) is 0. The fraction of sp³-hybridized carbons (Fsp3) is 0.214. The zero-order valence-electron chi connectivity index (χ0n) is 12.0. The van der Waals surface area contributed by atoms with Gasteiger partial charge in [-0.15, -0.1) is 0 Å². The minimum Gasteiger partial charge on any atom is -0.497 e. The van der Waals surface area contributed by atoms with Crippen molar-refractivity contribution in [2.45, 2.75) is 0 Å². The number of hydrogen-bond acceptors (Lipinski definition) is 4. The van der Waals surface area contributed by atoms with Gasteiger partial charge in [-0.2, -0.15) is 5.10 Å². The molecule has 0 aliphatic rings. The first-order valence-electron chi connectivity index (χ1n) is 6.26. The second-order valence-corrected chi connectivity index (χ2v) is 4.33. The Morgan fingerprint density at radius 1 is 1.29 bits per heavy atom. The topological polar surface area (TPSA) is 85.3 Å². The lowest BCUT2D eigenvalue weighted by Gasteiger charge is -2.06. The van der Waals surface area contributed by atoms with Gasteiger partial charge in [0.1, 0.15) is 5.75 Å². The third kappa shape index (κ3) is 3.19. The number of nitrogens with one attached hydrogen (secondary N) is 2. The summed E-state index contributed by atoms with van der Waals surface area (Å²) in [6.07, 6.45) is 1.57. The van der Waals surface area contributed by atoms with Crippen molar-refractivity contribution in [2.24, 2.45) is 7.05 Å². The molecule has 0 atom stereocenters. The van der Waals surface area contributed by atoms with Crippen LogP contribution in [0.4, 0.5) is 5.69 Å². The summed E-state index contributed by atoms with van der Waals surface area (Å²) in [6, 6.07) is 6.74. The molecule has 7 nitrogen and oxygen atoms in total. The standard InChI is InChI=1S/C14H16N4O3/c1-15-14(20)12-11(8-18(2)17-12)16-13(19)9-5-4-6-10(7-9)21-3/h4-8H,1-3H3,(H,15,20)(H,16,19). The number of nitrogens with zero attached hydrogens (tertiary/aromatic N) is 2. The lowest BCUT2D eigenvalue weighted by atomic mass is 10.2. The molecule has 2 N–H and O–H groups in total. The number of aryl methyl sites for hydroxylation is 1. The molecule has 1 heterocycles. The summed E-state index contributed by atoms with van der Waals surface area (Å²) in [5.41, 5.74) is 0.946. The van der Waals surface area contributed by atoms with Gasteiger partial charge in [-0.25, -0.2) is 0 Å². The van der Waals surface area contributed by atoms with E-state index in [0.717, 1.165) is 0 Å². The van der Waals surface area contributed by atoms with Crippen molar-refractivity contribution in [1.82, 2.24) is 15.1 Å². The summed E-state index contributed by atoms with van der Waals surface area (Å²) >= 11 is 0. The second kappa shape index (κ2) is 6.08. The molecule has 110 valence electrons. The van der Waals surface area contributed by atoms with Gasteiger partial charge in [0.2, 0.25) is 0 Å². The van der Waals surface area contributed by atoms with Gasteiger partial charge >= 0.3 is 0 Å². The van der Waals surface area contributed by atoms with Crippen LogP contribution in [-0.2, 0) is 7.05 Å². The third-order valence-corrected chi connectivity index (χ3v) is 2.85. The van der Waals surface area contributed by atoms with Gasteiger partial charge in [0, 0.05) is 25.9 Å². The highest BCUT2D eigenvalue weighted by molar-refractivity contribution is 6.08. The maximum Gasteiger partial charge on any atom is 0.273 e. The Morgan fingerprint density at radius 3 is 2.71 bits per heavy atom. The zero-order valence-corrected chi connectivity index (χ0v) is 12.0. The predicted octanol–water partition coefficient (Wildman–Crippen LogP) is 1.04. The highest BCUT2D eigenvalue weighted by Crippen LogP contribution is 2.17. The second-order valence-electron chi connectivity index (χ2n) is 4.33. The molecule has 0 fully saturated rings. The smallest absolute Gasteiger partial charge is 0.273 e. The van der Waals surface area contributed by atoms with Gasteiger partial charge < -0.3 is 15.4 Å². The lowest BCUT2D eigenvalue weighted by Crippen LogP contribution is -2.21. The number of anilines is 1. The molecule has 1 aromatic carbocycles. The van der Waals surface area contributed by atoms with Crippen LogP contribution in [0.3, 0.4) is 0 Å². The molecule has 0 aliphatic carbocycles. The van der Waals surface area contributed by atoms with E-state index in [1.54, 1.807) is 37.5 Å². The van der Waals surface area contributed by atoms with E-state index in [1.807, 2.05) is 0 Å². The first kappa shape index (κ1) is 14.6. The number of carbonyl (C=O) groups is 2. The first-order chi connectivity index (χ1) is 10.0. The van der Waals surface area contributed by atoms with E-state index in [2.05, 4.69) is 15.7 Å². The summed E-state index contributed by atoms with van der Waals surface area (Å²) in [5.74, 6) is -0.121. The molecule has 0 saturated carbocycles. The molecule has 21 heavy (non-hydrogen) atoms. The maximum atomic E-state index is 12.2. The van der Waals surface area contributed by atoms with Gasteiger partial charge in [-0.05, 0) is 18.2 Å². The van der Waals surface area contributed by atoms with Crippen molar-refractivity contribution in [3.05, 3.63) is 41.7 Å². The number of amides is 2. The van der Waals surface area contributed by atoms with Crippen molar-refractivity contribution in [3.63, 3.8) is 0 Å². The van der Waals surface area contributed by atoms with Crippen LogP contribution in [0.2, 0.25) is 0 Å². The van der Waals surface area contributed by atoms with Crippen LogP contribution in [0.1, 0.15) is 20.8 Å². The molecule has 1 aromatic heterocycles. The van der Waals surface area contributed by atoms with Gasteiger partial charge in [-0.3, -0.25) is 14.3 Å². The summed E-state index contributed by atoms with van der Waals surface area (Å²) in [4.78, 5) is 23.9. The minimum absolute atomic E-state index is 0.163. The van der Waals surface area contributed by atoms with Crippen molar-refractivity contribution in [2.75, 3.05) is 19.5 Å². The van der Waals surface area contributed by atoms with Crippen LogP contribution in [0.25, 0.3) is 0 Å². The van der Waals surface area contributed by atoms with Crippen LogP contribution in [-0.4, -0.2) is 35.8 Å². The van der Waals surface area contributed by atoms with E-state index in [0.29, 0.717) is 17.0 Å². The molecule has 2 rings (SSSR count). The van der Waals surface area contributed by atoms with E-state index in [1.165, 1.54) is 18.8 Å². The third-order valence-electron chi connectivity index (χ3n) is 2.85. The van der Waals surface area contributed by atoms with E-state index >= 15 is 0 Å². The maximum absolute atomic E-state index is 12.2. The average Bonchev–Trinajstić information content (AvgIpc) is 2.87. The minimum atomic E-state index is -0.364. The van der Waals surface area contributed by atoms with Crippen LogP contribution in [0.5, 0.6) is 5.75 Å². The molecule has 0 saturated heterocycles. The highest BCUT2D eigenvalue weighted by atomic mass is 16.5. The molecule has 0 radical (unpaired) electrons. The SMILES string of the molecule is CNC(=O)c1nn(C)cc1NC(=O)c1cccc(OC)c1. The number of benzene rings is 1. The van der Waals surface area contributed by atoms with Crippen LogP contribution in [0.15, 0.2) is 30.5 Å². The molecule has 0 spiro atoms. The first-order valence-corrected chi connectivity index (χ1v) is 6.26. The fourth-order valence-electron chi connectivity index (χ4n) is 1.82. The van der Waals surface area contributed by atoms with Crippen molar-refractivity contribution in [3.8, 4) is 5.75 Å². The molecule has 0 unspecified atom stereocenters. The fourth-order valence-corrected chi connectivity index (χ4v) is 1.82. The van der Waals surface area contributed by atoms with Gasteiger partial charge in [0.25, 0.3) is 11.8 Å². The molecule has 0 aliphatic heterocycles. The van der Waals surface area contributed by atoms with Crippen LogP contribution >= 0.6 is 0 Å². The molecular formula is C14H16N4O3. The van der Waals surface area contributed by atoms with Crippen LogP contribution in [0, 0.1) is 0 Å². The van der Waals surface area contributed by atoms with Gasteiger partial charge in [0.05, 0.1) is 12.8 Å². The van der Waals surface area contributed by atoms with Crippen molar-refractivity contribution >= 4 is 17.5 Å². The predicted molar refractivity (Wildman–Crippen MR) is 77.5 cm³/mol. The van der Waals surface area contributed by atoms with Gasteiger partial charge in [0.15, 0.2) is 5.69 Å². The Kier molecular flexibility index (Phi) is 4.22. The van der Waals surface area contributed by atoms with E-state index < -0.39 is 0 Å². The summed E-state index contributed by atoms with van der Waals surface area (Å²) < 4.78 is 6.54. The summed E-state index contributed by atoms with van der Waals surface area (Å²) in [7, 11) is 4.71. The normalized spacial score (nSPS) is 10.0. The molecule has 0 bridgehead atoms.